The van der Waals surface area contributed by atoms with E-state index in [-0.39, 0.29) is 0 Å². The van der Waals surface area contributed by atoms with Crippen LogP contribution < -0.4 is 19.7 Å². The lowest BCUT2D eigenvalue weighted by Gasteiger charge is -2.36. The molecule has 4 nitrogen and oxygen atoms in total. The molecule has 3 aromatic carbocycles. The summed E-state index contributed by atoms with van der Waals surface area (Å²) in [5, 5.41) is 6.41. The molecule has 0 radical (unpaired) electrons. The number of benzene rings is 3. The Kier molecular flexibility index (Phi) is 5.99. The molecular weight excluding hydrogens is 384 g/mol. The van der Waals surface area contributed by atoms with Crippen LogP contribution in [-0.2, 0) is 6.42 Å². The van der Waals surface area contributed by atoms with Gasteiger partial charge in [-0.15, -0.1) is 0 Å². The maximum absolute atomic E-state index is 6.33. The molecule has 0 aromatic heterocycles. The minimum Gasteiger partial charge on any atom is -0.493 e. The Morgan fingerprint density at radius 2 is 1.81 bits per heavy atom. The first kappa shape index (κ1) is 20.2. The van der Waals surface area contributed by atoms with Crippen molar-refractivity contribution in [2.24, 2.45) is 0 Å². The summed E-state index contributed by atoms with van der Waals surface area (Å²) >= 11 is 0. The molecule has 162 valence electrons. The standard InChI is InChI=1S/C27H32N2O2/c1-30-26-14-13-23(18-27(26)31-24-10-3-4-11-24)29-16-15-28-22(19-29)17-21-9-6-8-20-7-2-5-12-25(20)21/h2,5-9,12-14,18,22,24,28H,3-4,10-11,15-17,19H2,1H3. The van der Waals surface area contributed by atoms with Crippen LogP contribution in [-0.4, -0.2) is 38.9 Å². The number of rotatable bonds is 6. The number of piperazine rings is 1. The third kappa shape index (κ3) is 4.49. The van der Waals surface area contributed by atoms with E-state index in [9.17, 15) is 0 Å². The SMILES string of the molecule is COc1ccc(N2CCNC(Cc3cccc4ccccc34)C2)cc1OC1CCCC1. The zero-order valence-electron chi connectivity index (χ0n) is 18.3. The molecule has 1 aliphatic heterocycles. The molecule has 2 aliphatic rings. The highest BCUT2D eigenvalue weighted by Gasteiger charge is 2.23. The number of nitrogens with zero attached hydrogens (tertiary/aromatic N) is 1. The quantitative estimate of drug-likeness (QED) is 0.600. The predicted molar refractivity (Wildman–Crippen MR) is 128 cm³/mol. The molecule has 1 heterocycles. The van der Waals surface area contributed by atoms with Gasteiger partial charge >= 0.3 is 0 Å². The second-order valence-corrected chi connectivity index (χ2v) is 8.80. The van der Waals surface area contributed by atoms with Crippen LogP contribution in [0.3, 0.4) is 0 Å². The third-order valence-corrected chi connectivity index (χ3v) is 6.71. The van der Waals surface area contributed by atoms with E-state index in [1.807, 2.05) is 0 Å². The summed E-state index contributed by atoms with van der Waals surface area (Å²) in [6, 6.07) is 22.1. The fourth-order valence-electron chi connectivity index (χ4n) is 5.07. The van der Waals surface area contributed by atoms with E-state index in [0.29, 0.717) is 12.1 Å². The maximum Gasteiger partial charge on any atom is 0.163 e. The van der Waals surface area contributed by atoms with Gasteiger partial charge in [0.2, 0.25) is 0 Å². The second kappa shape index (κ2) is 9.19. The average molecular weight is 417 g/mol. The van der Waals surface area contributed by atoms with E-state index >= 15 is 0 Å². The highest BCUT2D eigenvalue weighted by Crippen LogP contribution is 2.35. The highest BCUT2D eigenvalue weighted by atomic mass is 16.5. The maximum atomic E-state index is 6.33. The summed E-state index contributed by atoms with van der Waals surface area (Å²) < 4.78 is 11.9. The van der Waals surface area contributed by atoms with Gasteiger partial charge in [0.15, 0.2) is 11.5 Å². The Labute approximate surface area is 185 Å². The van der Waals surface area contributed by atoms with Crippen LogP contribution >= 0.6 is 0 Å². The van der Waals surface area contributed by atoms with Crippen molar-refractivity contribution in [2.75, 3.05) is 31.6 Å². The lowest BCUT2D eigenvalue weighted by atomic mass is 9.97. The summed E-state index contributed by atoms with van der Waals surface area (Å²) in [4.78, 5) is 2.48. The molecule has 1 saturated heterocycles. The fraction of sp³-hybridized carbons (Fsp3) is 0.407. The van der Waals surface area contributed by atoms with Crippen molar-refractivity contribution in [3.05, 3.63) is 66.2 Å². The van der Waals surface area contributed by atoms with E-state index < -0.39 is 0 Å². The van der Waals surface area contributed by atoms with E-state index in [2.05, 4.69) is 70.9 Å². The lowest BCUT2D eigenvalue weighted by molar-refractivity contribution is 0.201. The number of hydrogen-bond acceptors (Lipinski definition) is 4. The van der Waals surface area contributed by atoms with Gasteiger partial charge in [-0.3, -0.25) is 0 Å². The first-order valence-electron chi connectivity index (χ1n) is 11.6. The minimum atomic E-state index is 0.325. The summed E-state index contributed by atoms with van der Waals surface area (Å²) in [6.07, 6.45) is 6.17. The van der Waals surface area contributed by atoms with Crippen LogP contribution in [0.25, 0.3) is 10.8 Å². The van der Waals surface area contributed by atoms with Crippen LogP contribution in [0.4, 0.5) is 5.69 Å². The molecule has 3 aromatic rings. The van der Waals surface area contributed by atoms with E-state index in [4.69, 9.17) is 9.47 Å². The molecule has 0 amide bonds. The van der Waals surface area contributed by atoms with Crippen molar-refractivity contribution in [1.82, 2.24) is 5.32 Å². The van der Waals surface area contributed by atoms with Crippen LogP contribution in [0, 0.1) is 0 Å². The van der Waals surface area contributed by atoms with Gasteiger partial charge in [0, 0.05) is 37.4 Å². The monoisotopic (exact) mass is 416 g/mol. The van der Waals surface area contributed by atoms with Crippen molar-refractivity contribution >= 4 is 16.5 Å². The van der Waals surface area contributed by atoms with Crippen LogP contribution in [0.2, 0.25) is 0 Å². The molecule has 1 N–H and O–H groups in total. The van der Waals surface area contributed by atoms with Crippen molar-refractivity contribution in [1.29, 1.82) is 0 Å². The molecule has 0 bridgehead atoms. The number of methoxy groups -OCH3 is 1. The van der Waals surface area contributed by atoms with Crippen molar-refractivity contribution in [2.45, 2.75) is 44.2 Å². The second-order valence-electron chi connectivity index (χ2n) is 8.80. The molecule has 5 rings (SSSR count). The number of hydrogen-bond donors (Lipinski definition) is 1. The summed E-state index contributed by atoms with van der Waals surface area (Å²) in [5.74, 6) is 1.72. The molecule has 0 spiro atoms. The molecule has 4 heteroatoms. The molecule has 1 unspecified atom stereocenters. The lowest BCUT2D eigenvalue weighted by Crippen LogP contribution is -2.51. The zero-order chi connectivity index (χ0) is 21.0. The number of nitrogens with one attached hydrogen (secondary N) is 1. The van der Waals surface area contributed by atoms with Gasteiger partial charge < -0.3 is 19.7 Å². The molecule has 1 aliphatic carbocycles. The average Bonchev–Trinajstić information content (AvgIpc) is 3.33. The molecule has 2 fully saturated rings. The van der Waals surface area contributed by atoms with E-state index in [0.717, 1.165) is 50.4 Å². The molecule has 1 saturated carbocycles. The topological polar surface area (TPSA) is 33.7 Å². The highest BCUT2D eigenvalue weighted by molar-refractivity contribution is 5.85. The van der Waals surface area contributed by atoms with Crippen LogP contribution in [0.1, 0.15) is 31.2 Å². The van der Waals surface area contributed by atoms with Gasteiger partial charge in [0.1, 0.15) is 0 Å². The smallest absolute Gasteiger partial charge is 0.163 e. The minimum absolute atomic E-state index is 0.325. The number of ether oxygens (including phenoxy) is 2. The van der Waals surface area contributed by atoms with Crippen molar-refractivity contribution < 1.29 is 9.47 Å². The fourth-order valence-corrected chi connectivity index (χ4v) is 5.07. The molecule has 31 heavy (non-hydrogen) atoms. The largest absolute Gasteiger partial charge is 0.493 e. The Morgan fingerprint density at radius 1 is 0.968 bits per heavy atom. The first-order valence-corrected chi connectivity index (χ1v) is 11.6. The first-order chi connectivity index (χ1) is 15.3. The summed E-state index contributed by atoms with van der Waals surface area (Å²) in [7, 11) is 1.72. The Hall–Kier alpha value is -2.72. The van der Waals surface area contributed by atoms with Gasteiger partial charge in [-0.05, 0) is 60.6 Å². The Bertz CT molecular complexity index is 1020. The Balaban J connectivity index is 1.33. The Morgan fingerprint density at radius 3 is 2.68 bits per heavy atom. The summed E-state index contributed by atoms with van der Waals surface area (Å²) in [5.41, 5.74) is 2.63. The van der Waals surface area contributed by atoms with Crippen LogP contribution in [0.15, 0.2) is 60.7 Å². The normalized spacial score (nSPS) is 19.6. The number of anilines is 1. The molecular formula is C27H32N2O2. The van der Waals surface area contributed by atoms with Gasteiger partial charge in [-0.25, -0.2) is 0 Å². The molecule has 1 atom stereocenters. The van der Waals surface area contributed by atoms with E-state index in [1.54, 1.807) is 7.11 Å². The van der Waals surface area contributed by atoms with Gasteiger partial charge in [0.05, 0.1) is 13.2 Å². The predicted octanol–water partition coefficient (Wildman–Crippen LogP) is 5.19. The van der Waals surface area contributed by atoms with Gasteiger partial charge in [-0.2, -0.15) is 0 Å². The number of fused-ring (bicyclic) bond motifs is 1. The van der Waals surface area contributed by atoms with Gasteiger partial charge in [-0.1, -0.05) is 42.5 Å². The zero-order valence-corrected chi connectivity index (χ0v) is 18.3. The van der Waals surface area contributed by atoms with Crippen molar-refractivity contribution in [3.8, 4) is 11.5 Å². The third-order valence-electron chi connectivity index (χ3n) is 6.71. The van der Waals surface area contributed by atoms with Gasteiger partial charge in [0.25, 0.3) is 0 Å². The van der Waals surface area contributed by atoms with Crippen LogP contribution in [0.5, 0.6) is 11.5 Å². The summed E-state index contributed by atoms with van der Waals surface area (Å²) in [6.45, 7) is 2.97. The van der Waals surface area contributed by atoms with Crippen molar-refractivity contribution in [3.63, 3.8) is 0 Å². The van der Waals surface area contributed by atoms with E-state index in [1.165, 1.54) is 34.9 Å².